The van der Waals surface area contributed by atoms with Crippen LogP contribution in [0.1, 0.15) is 91.9 Å². The maximum atomic E-state index is 12.5. The summed E-state index contributed by atoms with van der Waals surface area (Å²) in [6.45, 7) is 9.22. The molecule has 4 nitrogen and oxygen atoms in total. The fourth-order valence-electron chi connectivity index (χ4n) is 2.66. The molecule has 0 aromatic heterocycles. The molecule has 0 bridgehead atoms. The van der Waals surface area contributed by atoms with Gasteiger partial charge in [-0.2, -0.15) is 0 Å². The molecule has 0 amide bonds. The topological polar surface area (TPSA) is 52.6 Å². The third-order valence-corrected chi connectivity index (χ3v) is 4.31. The van der Waals surface area contributed by atoms with E-state index in [1.807, 2.05) is 0 Å². The van der Waals surface area contributed by atoms with Crippen LogP contribution in [0.4, 0.5) is 0 Å². The van der Waals surface area contributed by atoms with E-state index in [4.69, 9.17) is 9.47 Å². The number of ether oxygens (including phenoxy) is 2. The molecule has 4 heteroatoms. The summed E-state index contributed by atoms with van der Waals surface area (Å²) in [6.07, 6.45) is 9.00. The Kier molecular flexibility index (Phi) is 14.8. The first-order valence-electron chi connectivity index (χ1n) is 9.95. The molecule has 0 heterocycles. The Labute approximate surface area is 148 Å². The van der Waals surface area contributed by atoms with Gasteiger partial charge in [-0.25, -0.2) is 0 Å². The van der Waals surface area contributed by atoms with E-state index in [1.54, 1.807) is 0 Å². The van der Waals surface area contributed by atoms with Gasteiger partial charge in [0.2, 0.25) is 0 Å². The van der Waals surface area contributed by atoms with Gasteiger partial charge in [-0.1, -0.05) is 66.2 Å². The number of esters is 2. The second kappa shape index (κ2) is 15.5. The highest BCUT2D eigenvalue weighted by Crippen LogP contribution is 2.27. The fourth-order valence-corrected chi connectivity index (χ4v) is 2.66. The number of hydrogen-bond acceptors (Lipinski definition) is 4. The zero-order chi connectivity index (χ0) is 18.2. The molecule has 142 valence electrons. The maximum Gasteiger partial charge on any atom is 0.309 e. The molecule has 0 aliphatic rings. The summed E-state index contributed by atoms with van der Waals surface area (Å²) in [5.41, 5.74) is 0. The van der Waals surface area contributed by atoms with Crippen molar-refractivity contribution in [2.24, 2.45) is 11.8 Å². The summed E-state index contributed by atoms with van der Waals surface area (Å²) in [4.78, 5) is 25.1. The Morgan fingerprint density at radius 3 is 1.25 bits per heavy atom. The number of unbranched alkanes of at least 4 members (excludes halogenated alkanes) is 4. The summed E-state index contributed by atoms with van der Waals surface area (Å²) < 4.78 is 10.9. The van der Waals surface area contributed by atoms with Gasteiger partial charge < -0.3 is 9.47 Å². The van der Waals surface area contributed by atoms with E-state index >= 15 is 0 Å². The summed E-state index contributed by atoms with van der Waals surface area (Å²) in [5.74, 6) is -1.15. The molecule has 0 saturated heterocycles. The van der Waals surface area contributed by atoms with Crippen molar-refractivity contribution < 1.29 is 19.1 Å². The van der Waals surface area contributed by atoms with Crippen LogP contribution in [-0.4, -0.2) is 25.2 Å². The van der Waals surface area contributed by atoms with Gasteiger partial charge in [0.25, 0.3) is 0 Å². The van der Waals surface area contributed by atoms with E-state index in [0.29, 0.717) is 26.1 Å². The summed E-state index contributed by atoms with van der Waals surface area (Å²) >= 11 is 0. The van der Waals surface area contributed by atoms with Crippen LogP contribution in [0.5, 0.6) is 0 Å². The van der Waals surface area contributed by atoms with E-state index in [-0.39, 0.29) is 23.8 Å². The van der Waals surface area contributed by atoms with Crippen molar-refractivity contribution in [3.63, 3.8) is 0 Å². The molecule has 0 fully saturated rings. The SMILES string of the molecule is CCCCOC(=O)C(CCCC)C(CCCC)C(=O)OCCCC. The Hall–Kier alpha value is -1.06. The van der Waals surface area contributed by atoms with Crippen molar-refractivity contribution in [1.29, 1.82) is 0 Å². The number of carbonyl (C=O) groups excluding carboxylic acids is 2. The van der Waals surface area contributed by atoms with Gasteiger partial charge in [-0.05, 0) is 25.7 Å². The van der Waals surface area contributed by atoms with Gasteiger partial charge in [-0.3, -0.25) is 9.59 Å². The molecular formula is C20H38O4. The first kappa shape index (κ1) is 22.9. The minimum absolute atomic E-state index is 0.217. The summed E-state index contributed by atoms with van der Waals surface area (Å²) in [5, 5.41) is 0. The average Bonchev–Trinajstić information content (AvgIpc) is 2.58. The molecule has 0 radical (unpaired) electrons. The molecule has 0 saturated carbocycles. The number of hydrogen-bond donors (Lipinski definition) is 0. The largest absolute Gasteiger partial charge is 0.465 e. The number of rotatable bonds is 15. The van der Waals surface area contributed by atoms with Crippen LogP contribution in [0.3, 0.4) is 0 Å². The highest BCUT2D eigenvalue weighted by molar-refractivity contribution is 5.82. The van der Waals surface area contributed by atoms with Crippen molar-refractivity contribution in [2.45, 2.75) is 91.9 Å². The third kappa shape index (κ3) is 9.94. The highest BCUT2D eigenvalue weighted by Gasteiger charge is 2.35. The molecule has 0 rings (SSSR count). The molecular weight excluding hydrogens is 304 g/mol. The van der Waals surface area contributed by atoms with Gasteiger partial charge in [0.15, 0.2) is 0 Å². The molecule has 0 aliphatic carbocycles. The summed E-state index contributed by atoms with van der Waals surface area (Å²) in [7, 11) is 0. The minimum atomic E-state index is -0.359. The van der Waals surface area contributed by atoms with Crippen molar-refractivity contribution in [3.05, 3.63) is 0 Å². The molecule has 0 aromatic rings. The molecule has 2 unspecified atom stereocenters. The molecule has 0 aromatic carbocycles. The molecule has 24 heavy (non-hydrogen) atoms. The van der Waals surface area contributed by atoms with Crippen LogP contribution in [0, 0.1) is 11.8 Å². The first-order valence-corrected chi connectivity index (χ1v) is 9.95. The number of carbonyl (C=O) groups is 2. The zero-order valence-electron chi connectivity index (χ0n) is 16.3. The Bertz CT molecular complexity index is 296. The van der Waals surface area contributed by atoms with Crippen LogP contribution < -0.4 is 0 Å². The Balaban J connectivity index is 4.94. The summed E-state index contributed by atoms with van der Waals surface area (Å²) in [6, 6.07) is 0. The predicted octanol–water partition coefficient (Wildman–Crippen LogP) is 5.29. The lowest BCUT2D eigenvalue weighted by atomic mass is 9.84. The third-order valence-electron chi connectivity index (χ3n) is 4.31. The lowest BCUT2D eigenvalue weighted by molar-refractivity contribution is -0.161. The Morgan fingerprint density at radius 1 is 0.625 bits per heavy atom. The van der Waals surface area contributed by atoms with E-state index in [1.165, 1.54) is 0 Å². The van der Waals surface area contributed by atoms with Gasteiger partial charge >= 0.3 is 11.9 Å². The van der Waals surface area contributed by atoms with Crippen LogP contribution in [0.15, 0.2) is 0 Å². The molecule has 0 N–H and O–H groups in total. The van der Waals surface area contributed by atoms with E-state index in [2.05, 4.69) is 27.7 Å². The van der Waals surface area contributed by atoms with Crippen molar-refractivity contribution in [3.8, 4) is 0 Å². The quantitative estimate of drug-likeness (QED) is 0.300. The predicted molar refractivity (Wildman–Crippen MR) is 97.8 cm³/mol. The van der Waals surface area contributed by atoms with Gasteiger partial charge in [-0.15, -0.1) is 0 Å². The maximum absolute atomic E-state index is 12.5. The first-order chi connectivity index (χ1) is 11.6. The monoisotopic (exact) mass is 342 g/mol. The molecule has 2 atom stereocenters. The lowest BCUT2D eigenvalue weighted by Gasteiger charge is -2.24. The average molecular weight is 343 g/mol. The molecule has 0 spiro atoms. The Morgan fingerprint density at radius 2 is 0.958 bits per heavy atom. The smallest absolute Gasteiger partial charge is 0.309 e. The van der Waals surface area contributed by atoms with Gasteiger partial charge in [0.05, 0.1) is 25.0 Å². The molecule has 0 aliphatic heterocycles. The second-order valence-corrected chi connectivity index (χ2v) is 6.54. The van der Waals surface area contributed by atoms with E-state index < -0.39 is 0 Å². The van der Waals surface area contributed by atoms with Crippen LogP contribution in [0.25, 0.3) is 0 Å². The highest BCUT2D eigenvalue weighted by atomic mass is 16.5. The van der Waals surface area contributed by atoms with Crippen LogP contribution in [0.2, 0.25) is 0 Å². The van der Waals surface area contributed by atoms with Gasteiger partial charge in [0.1, 0.15) is 0 Å². The van der Waals surface area contributed by atoms with Crippen molar-refractivity contribution in [2.75, 3.05) is 13.2 Å². The fraction of sp³-hybridized carbons (Fsp3) is 0.900. The van der Waals surface area contributed by atoms with Crippen molar-refractivity contribution >= 4 is 11.9 Å². The van der Waals surface area contributed by atoms with Crippen LogP contribution in [-0.2, 0) is 19.1 Å². The zero-order valence-corrected chi connectivity index (χ0v) is 16.3. The standard InChI is InChI=1S/C20H38O4/c1-5-9-13-17(19(21)23-15-11-7-3)18(14-10-6-2)20(22)24-16-12-8-4/h17-18H,5-16H2,1-4H3. The van der Waals surface area contributed by atoms with E-state index in [0.717, 1.165) is 51.4 Å². The van der Waals surface area contributed by atoms with Gasteiger partial charge in [0, 0.05) is 0 Å². The van der Waals surface area contributed by atoms with Crippen molar-refractivity contribution in [1.82, 2.24) is 0 Å². The van der Waals surface area contributed by atoms with Crippen LogP contribution >= 0.6 is 0 Å². The normalized spacial score (nSPS) is 13.3. The van der Waals surface area contributed by atoms with E-state index in [9.17, 15) is 9.59 Å². The minimum Gasteiger partial charge on any atom is -0.465 e. The second-order valence-electron chi connectivity index (χ2n) is 6.54. The lowest BCUT2D eigenvalue weighted by Crippen LogP contribution is -2.33.